The van der Waals surface area contributed by atoms with E-state index in [-0.39, 0.29) is 5.83 Å². The minimum Gasteiger partial charge on any atom is -0.491 e. The zero-order valence-electron chi connectivity index (χ0n) is 9.60. The molecule has 0 fully saturated rings. The van der Waals surface area contributed by atoms with E-state index in [1.54, 1.807) is 6.08 Å². The van der Waals surface area contributed by atoms with Gasteiger partial charge >= 0.3 is 0 Å². The van der Waals surface area contributed by atoms with Gasteiger partial charge in [0.25, 0.3) is 0 Å². The molecule has 1 aliphatic rings. The summed E-state index contributed by atoms with van der Waals surface area (Å²) in [7, 11) is 0. The van der Waals surface area contributed by atoms with Crippen molar-refractivity contribution in [2.24, 2.45) is 0 Å². The molecule has 0 aliphatic heterocycles. The third-order valence-electron chi connectivity index (χ3n) is 2.57. The molecule has 0 aromatic rings. The van der Waals surface area contributed by atoms with Crippen molar-refractivity contribution in [3.63, 3.8) is 0 Å². The van der Waals surface area contributed by atoms with Gasteiger partial charge in [-0.05, 0) is 18.9 Å². The molecule has 0 atom stereocenters. The average molecular weight is 212 g/mol. The van der Waals surface area contributed by atoms with Crippen LogP contribution >= 0.6 is 0 Å². The lowest BCUT2D eigenvalue weighted by molar-refractivity contribution is 0.203. The fourth-order valence-corrected chi connectivity index (χ4v) is 1.63. The molecule has 0 aromatic heterocycles. The molecule has 0 aromatic carbocycles. The molecule has 0 radical (unpaired) electrons. The van der Waals surface area contributed by atoms with Crippen LogP contribution in [0.25, 0.3) is 0 Å². The average Bonchev–Trinajstić information content (AvgIpc) is 2.25. The molecule has 0 heterocycles. The quantitative estimate of drug-likeness (QED) is 0.564. The Balaban J connectivity index is 2.07. The number of ether oxygens (including phenoxy) is 1. The van der Waals surface area contributed by atoms with Crippen molar-refractivity contribution < 1.29 is 9.13 Å². The number of rotatable bonds is 7. The van der Waals surface area contributed by atoms with E-state index in [0.717, 1.165) is 12.8 Å². The minimum atomic E-state index is -0.0916. The van der Waals surface area contributed by atoms with Crippen LogP contribution in [-0.4, -0.2) is 6.61 Å². The second kappa shape index (κ2) is 7.49. The van der Waals surface area contributed by atoms with Crippen LogP contribution in [-0.2, 0) is 4.74 Å². The summed E-state index contributed by atoms with van der Waals surface area (Å²) in [6.07, 6.45) is 11.0. The number of halogens is 1. The lowest BCUT2D eigenvalue weighted by Crippen LogP contribution is -1.98. The van der Waals surface area contributed by atoms with Gasteiger partial charge in [0.1, 0.15) is 11.6 Å². The molecule has 0 unspecified atom stereocenters. The molecule has 0 bridgehead atoms. The topological polar surface area (TPSA) is 9.23 Å². The summed E-state index contributed by atoms with van der Waals surface area (Å²) >= 11 is 0. The van der Waals surface area contributed by atoms with Gasteiger partial charge in [0.2, 0.25) is 0 Å². The second-order valence-corrected chi connectivity index (χ2v) is 3.97. The SMILES string of the molecule is CCCCCCCOC1=C(F)CCC=C1. The molecule has 86 valence electrons. The van der Waals surface area contributed by atoms with Crippen molar-refractivity contribution in [3.05, 3.63) is 23.7 Å². The fraction of sp³-hybridized carbons (Fsp3) is 0.692. The lowest BCUT2D eigenvalue weighted by atomic mass is 10.1. The standard InChI is InChI=1S/C13H21FO/c1-2-3-4-5-8-11-15-13-10-7-6-9-12(13)14/h7,10H,2-6,8-9,11H2,1H3. The molecule has 0 amide bonds. The summed E-state index contributed by atoms with van der Waals surface area (Å²) < 4.78 is 18.6. The first kappa shape index (κ1) is 12.3. The number of hydrogen-bond donors (Lipinski definition) is 0. The Labute approximate surface area is 92.0 Å². The zero-order valence-corrected chi connectivity index (χ0v) is 9.60. The predicted molar refractivity (Wildman–Crippen MR) is 61.2 cm³/mol. The second-order valence-electron chi connectivity index (χ2n) is 3.97. The van der Waals surface area contributed by atoms with Gasteiger partial charge in [-0.25, -0.2) is 4.39 Å². The van der Waals surface area contributed by atoms with Crippen molar-refractivity contribution in [2.45, 2.75) is 51.9 Å². The smallest absolute Gasteiger partial charge is 0.150 e. The van der Waals surface area contributed by atoms with Gasteiger partial charge in [0.15, 0.2) is 0 Å². The van der Waals surface area contributed by atoms with Crippen molar-refractivity contribution in [1.29, 1.82) is 0 Å². The third kappa shape index (κ3) is 5.01. The molecule has 0 saturated heterocycles. The van der Waals surface area contributed by atoms with Crippen LogP contribution in [0.2, 0.25) is 0 Å². The van der Waals surface area contributed by atoms with Crippen molar-refractivity contribution in [2.75, 3.05) is 6.61 Å². The molecule has 0 N–H and O–H groups in total. The number of unbranched alkanes of at least 4 members (excludes halogenated alkanes) is 4. The molecule has 1 nitrogen and oxygen atoms in total. The van der Waals surface area contributed by atoms with E-state index in [9.17, 15) is 4.39 Å². The molecule has 15 heavy (non-hydrogen) atoms. The summed E-state index contributed by atoms with van der Waals surface area (Å²) in [5, 5.41) is 0. The Morgan fingerprint density at radius 3 is 2.80 bits per heavy atom. The van der Waals surface area contributed by atoms with E-state index in [0.29, 0.717) is 18.8 Å². The first-order valence-electron chi connectivity index (χ1n) is 6.02. The zero-order chi connectivity index (χ0) is 10.9. The summed E-state index contributed by atoms with van der Waals surface area (Å²) in [6.45, 7) is 2.85. The van der Waals surface area contributed by atoms with Crippen LogP contribution in [0.4, 0.5) is 4.39 Å². The van der Waals surface area contributed by atoms with E-state index in [2.05, 4.69) is 6.92 Å². The predicted octanol–water partition coefficient (Wildman–Crippen LogP) is 4.50. The summed E-state index contributed by atoms with van der Waals surface area (Å²) in [5.74, 6) is 0.364. The van der Waals surface area contributed by atoms with Crippen LogP contribution in [0.1, 0.15) is 51.9 Å². The van der Waals surface area contributed by atoms with Gasteiger partial charge in [-0.15, -0.1) is 0 Å². The highest BCUT2D eigenvalue weighted by atomic mass is 19.1. The van der Waals surface area contributed by atoms with Gasteiger partial charge in [-0.1, -0.05) is 38.7 Å². The highest BCUT2D eigenvalue weighted by Gasteiger charge is 2.08. The third-order valence-corrected chi connectivity index (χ3v) is 2.57. The van der Waals surface area contributed by atoms with Crippen molar-refractivity contribution >= 4 is 0 Å². The number of allylic oxidation sites excluding steroid dienone is 3. The Morgan fingerprint density at radius 2 is 2.07 bits per heavy atom. The maximum absolute atomic E-state index is 13.2. The summed E-state index contributed by atoms with van der Waals surface area (Å²) in [6, 6.07) is 0. The van der Waals surface area contributed by atoms with Crippen LogP contribution in [0.5, 0.6) is 0 Å². The first-order chi connectivity index (χ1) is 7.34. The largest absolute Gasteiger partial charge is 0.491 e. The first-order valence-corrected chi connectivity index (χ1v) is 6.02. The highest BCUT2D eigenvalue weighted by Crippen LogP contribution is 2.21. The summed E-state index contributed by atoms with van der Waals surface area (Å²) in [5.41, 5.74) is 0. The van der Waals surface area contributed by atoms with Crippen molar-refractivity contribution in [1.82, 2.24) is 0 Å². The molecule has 1 rings (SSSR count). The van der Waals surface area contributed by atoms with Gasteiger partial charge in [0, 0.05) is 6.42 Å². The molecule has 1 aliphatic carbocycles. The number of hydrogen-bond acceptors (Lipinski definition) is 1. The van der Waals surface area contributed by atoms with Crippen LogP contribution in [0, 0.1) is 0 Å². The molecule has 0 spiro atoms. The fourth-order valence-electron chi connectivity index (χ4n) is 1.63. The van der Waals surface area contributed by atoms with E-state index in [1.165, 1.54) is 25.7 Å². The van der Waals surface area contributed by atoms with Gasteiger partial charge in [0.05, 0.1) is 6.61 Å². The van der Waals surface area contributed by atoms with E-state index < -0.39 is 0 Å². The van der Waals surface area contributed by atoms with Gasteiger partial charge in [-0.2, -0.15) is 0 Å². The van der Waals surface area contributed by atoms with E-state index in [1.807, 2.05) is 6.08 Å². The maximum atomic E-state index is 13.2. The molecule has 0 saturated carbocycles. The minimum absolute atomic E-state index is 0.0916. The Morgan fingerprint density at radius 1 is 1.27 bits per heavy atom. The van der Waals surface area contributed by atoms with Gasteiger partial charge < -0.3 is 4.74 Å². The molecular weight excluding hydrogens is 191 g/mol. The molecular formula is C13H21FO. The van der Waals surface area contributed by atoms with Crippen LogP contribution in [0.3, 0.4) is 0 Å². The summed E-state index contributed by atoms with van der Waals surface area (Å²) in [4.78, 5) is 0. The highest BCUT2D eigenvalue weighted by molar-refractivity contribution is 5.20. The van der Waals surface area contributed by atoms with Crippen LogP contribution in [0.15, 0.2) is 23.7 Å². The van der Waals surface area contributed by atoms with Crippen molar-refractivity contribution in [3.8, 4) is 0 Å². The Hall–Kier alpha value is -0.790. The van der Waals surface area contributed by atoms with Crippen LogP contribution < -0.4 is 0 Å². The lowest BCUT2D eigenvalue weighted by Gasteiger charge is -2.11. The monoisotopic (exact) mass is 212 g/mol. The Kier molecular flexibility index (Phi) is 6.14. The normalized spacial score (nSPS) is 15.9. The molecule has 2 heteroatoms. The maximum Gasteiger partial charge on any atom is 0.150 e. The van der Waals surface area contributed by atoms with E-state index >= 15 is 0 Å². The van der Waals surface area contributed by atoms with E-state index in [4.69, 9.17) is 4.74 Å². The Bertz CT molecular complexity index is 231. The van der Waals surface area contributed by atoms with Gasteiger partial charge in [-0.3, -0.25) is 0 Å².